The fourth-order valence-corrected chi connectivity index (χ4v) is 2.73. The fourth-order valence-electron chi connectivity index (χ4n) is 2.25. The van der Waals surface area contributed by atoms with Crippen molar-refractivity contribution < 1.29 is 4.39 Å². The van der Waals surface area contributed by atoms with Gasteiger partial charge in [0.25, 0.3) is 0 Å². The van der Waals surface area contributed by atoms with E-state index in [-0.39, 0.29) is 11.9 Å². The molecule has 2 rings (SSSR count). The van der Waals surface area contributed by atoms with Crippen LogP contribution in [0.1, 0.15) is 37.6 Å². The minimum atomic E-state index is -0.228. The van der Waals surface area contributed by atoms with E-state index in [4.69, 9.17) is 0 Å². The van der Waals surface area contributed by atoms with Crippen molar-refractivity contribution in [2.75, 3.05) is 6.54 Å². The van der Waals surface area contributed by atoms with Crippen LogP contribution in [0.15, 0.2) is 34.9 Å². The van der Waals surface area contributed by atoms with Gasteiger partial charge in [0.15, 0.2) is 0 Å². The zero-order valence-corrected chi connectivity index (χ0v) is 13.3. The summed E-state index contributed by atoms with van der Waals surface area (Å²) in [5, 5.41) is 7.78. The second-order valence-electron chi connectivity index (χ2n) is 4.62. The Bertz CT molecular complexity index is 568. The number of benzene rings is 1. The summed E-state index contributed by atoms with van der Waals surface area (Å²) >= 11 is 3.52. The summed E-state index contributed by atoms with van der Waals surface area (Å²) in [4.78, 5) is 0. The molecule has 20 heavy (non-hydrogen) atoms. The Morgan fingerprint density at radius 3 is 2.85 bits per heavy atom. The van der Waals surface area contributed by atoms with Crippen molar-refractivity contribution in [2.24, 2.45) is 0 Å². The maximum atomic E-state index is 13.6. The van der Waals surface area contributed by atoms with Crippen molar-refractivity contribution in [3.63, 3.8) is 0 Å². The molecule has 0 saturated heterocycles. The van der Waals surface area contributed by atoms with E-state index in [1.165, 1.54) is 6.07 Å². The summed E-state index contributed by atoms with van der Waals surface area (Å²) in [7, 11) is 0. The Hall–Kier alpha value is -1.20. The van der Waals surface area contributed by atoms with Crippen molar-refractivity contribution in [1.82, 2.24) is 15.1 Å². The van der Waals surface area contributed by atoms with Crippen LogP contribution in [0.4, 0.5) is 4.39 Å². The van der Waals surface area contributed by atoms with Crippen LogP contribution in [-0.2, 0) is 6.54 Å². The molecule has 1 N–H and O–H groups in total. The van der Waals surface area contributed by atoms with Gasteiger partial charge < -0.3 is 5.32 Å². The van der Waals surface area contributed by atoms with Gasteiger partial charge in [0.1, 0.15) is 5.82 Å². The molecule has 5 heteroatoms. The minimum Gasteiger partial charge on any atom is -0.305 e. The highest BCUT2D eigenvalue weighted by Crippen LogP contribution is 2.29. The Morgan fingerprint density at radius 2 is 2.15 bits per heavy atom. The molecule has 1 aromatic carbocycles. The molecule has 0 bridgehead atoms. The van der Waals surface area contributed by atoms with Crippen molar-refractivity contribution in [1.29, 1.82) is 0 Å². The van der Waals surface area contributed by atoms with Gasteiger partial charge in [-0.1, -0.05) is 22.9 Å². The van der Waals surface area contributed by atoms with Crippen LogP contribution >= 0.6 is 15.9 Å². The molecule has 1 unspecified atom stereocenters. The second-order valence-corrected chi connectivity index (χ2v) is 5.48. The van der Waals surface area contributed by atoms with E-state index >= 15 is 0 Å². The number of aryl methyl sites for hydroxylation is 1. The predicted octanol–water partition coefficient (Wildman–Crippen LogP) is 3.89. The second kappa shape index (κ2) is 6.99. The van der Waals surface area contributed by atoms with Crippen molar-refractivity contribution in [3.8, 4) is 0 Å². The molecular weight excluding hydrogens is 321 g/mol. The highest BCUT2D eigenvalue weighted by atomic mass is 79.9. The molecule has 1 heterocycles. The summed E-state index contributed by atoms with van der Waals surface area (Å²) in [5.74, 6) is -0.228. The Labute approximate surface area is 127 Å². The summed E-state index contributed by atoms with van der Waals surface area (Å²) in [5.41, 5.74) is 1.95. The largest absolute Gasteiger partial charge is 0.305 e. The number of hydrogen-bond donors (Lipinski definition) is 1. The first kappa shape index (κ1) is 15.2. The number of aromatic nitrogens is 2. The summed E-state index contributed by atoms with van der Waals surface area (Å²) in [6.07, 6.45) is 2.80. The van der Waals surface area contributed by atoms with E-state index in [1.807, 2.05) is 17.7 Å². The molecule has 0 aliphatic carbocycles. The van der Waals surface area contributed by atoms with Crippen LogP contribution in [0.5, 0.6) is 0 Å². The number of nitrogens with zero attached hydrogens (tertiary/aromatic N) is 2. The number of rotatable bonds is 6. The van der Waals surface area contributed by atoms with E-state index in [1.54, 1.807) is 18.3 Å². The summed E-state index contributed by atoms with van der Waals surface area (Å²) in [6, 6.07) is 6.69. The van der Waals surface area contributed by atoms with Gasteiger partial charge in [-0.2, -0.15) is 5.10 Å². The quantitative estimate of drug-likeness (QED) is 0.865. The highest BCUT2D eigenvalue weighted by molar-refractivity contribution is 9.10. The van der Waals surface area contributed by atoms with Crippen LogP contribution in [0, 0.1) is 5.82 Å². The predicted molar refractivity (Wildman–Crippen MR) is 82.1 cm³/mol. The van der Waals surface area contributed by atoms with E-state index in [0.717, 1.165) is 35.2 Å². The van der Waals surface area contributed by atoms with Crippen LogP contribution < -0.4 is 5.32 Å². The Balaban J connectivity index is 2.44. The van der Waals surface area contributed by atoms with E-state index in [2.05, 4.69) is 33.3 Å². The lowest BCUT2D eigenvalue weighted by molar-refractivity contribution is 0.525. The molecule has 0 saturated carbocycles. The molecule has 0 aliphatic heterocycles. The average Bonchev–Trinajstić information content (AvgIpc) is 2.91. The molecule has 0 radical (unpaired) electrons. The molecule has 3 nitrogen and oxygen atoms in total. The lowest BCUT2D eigenvalue weighted by Crippen LogP contribution is -2.26. The molecule has 1 aromatic heterocycles. The molecule has 0 spiro atoms. The summed E-state index contributed by atoms with van der Waals surface area (Å²) < 4.78 is 16.4. The molecule has 1 atom stereocenters. The first-order chi connectivity index (χ1) is 9.67. The lowest BCUT2D eigenvalue weighted by Gasteiger charge is -2.21. The van der Waals surface area contributed by atoms with Gasteiger partial charge in [-0.25, -0.2) is 4.39 Å². The molecular formula is C15H19BrFN3. The molecule has 2 aromatic rings. The van der Waals surface area contributed by atoms with E-state index in [9.17, 15) is 4.39 Å². The van der Waals surface area contributed by atoms with Crippen molar-refractivity contribution in [3.05, 3.63) is 52.0 Å². The smallest absolute Gasteiger partial charge is 0.123 e. The van der Waals surface area contributed by atoms with Gasteiger partial charge in [0, 0.05) is 17.2 Å². The number of nitrogens with one attached hydrogen (secondary N) is 1. The SMILES string of the molecule is CCCNC(c1cc(F)ccc1Br)c1ccnn1CC. The lowest BCUT2D eigenvalue weighted by atomic mass is 10.0. The van der Waals surface area contributed by atoms with Crippen molar-refractivity contribution in [2.45, 2.75) is 32.9 Å². The van der Waals surface area contributed by atoms with Crippen LogP contribution in [-0.4, -0.2) is 16.3 Å². The normalized spacial score (nSPS) is 12.6. The first-order valence-corrected chi connectivity index (χ1v) is 7.66. The van der Waals surface area contributed by atoms with Crippen LogP contribution in [0.25, 0.3) is 0 Å². The minimum absolute atomic E-state index is 0.0672. The topological polar surface area (TPSA) is 29.9 Å². The van der Waals surface area contributed by atoms with Crippen LogP contribution in [0.2, 0.25) is 0 Å². The first-order valence-electron chi connectivity index (χ1n) is 6.87. The third-order valence-corrected chi connectivity index (χ3v) is 3.93. The molecule has 0 aliphatic rings. The third kappa shape index (κ3) is 3.27. The van der Waals surface area contributed by atoms with Gasteiger partial charge in [-0.05, 0) is 49.7 Å². The number of hydrogen-bond acceptors (Lipinski definition) is 2. The van der Waals surface area contributed by atoms with E-state index in [0.29, 0.717) is 0 Å². The standard InChI is InChI=1S/C15H19BrFN3/c1-3-8-18-15(14-7-9-19-20(14)4-2)12-10-11(17)5-6-13(12)16/h5-7,9-10,15,18H,3-4,8H2,1-2H3. The van der Waals surface area contributed by atoms with Crippen LogP contribution in [0.3, 0.4) is 0 Å². The fraction of sp³-hybridized carbons (Fsp3) is 0.400. The average molecular weight is 340 g/mol. The number of halogens is 2. The zero-order chi connectivity index (χ0) is 14.5. The molecule has 108 valence electrons. The monoisotopic (exact) mass is 339 g/mol. The maximum Gasteiger partial charge on any atom is 0.123 e. The van der Waals surface area contributed by atoms with Crippen molar-refractivity contribution >= 4 is 15.9 Å². The van der Waals surface area contributed by atoms with Gasteiger partial charge in [0.2, 0.25) is 0 Å². The Kier molecular flexibility index (Phi) is 5.31. The molecule has 0 amide bonds. The zero-order valence-electron chi connectivity index (χ0n) is 11.7. The van der Waals surface area contributed by atoms with E-state index < -0.39 is 0 Å². The van der Waals surface area contributed by atoms with Gasteiger partial charge in [0.05, 0.1) is 11.7 Å². The molecule has 0 fully saturated rings. The van der Waals surface area contributed by atoms with Gasteiger partial charge in [-0.3, -0.25) is 4.68 Å². The Morgan fingerprint density at radius 1 is 1.35 bits per heavy atom. The van der Waals surface area contributed by atoms with Gasteiger partial charge >= 0.3 is 0 Å². The highest BCUT2D eigenvalue weighted by Gasteiger charge is 2.20. The maximum absolute atomic E-state index is 13.6. The summed E-state index contributed by atoms with van der Waals surface area (Å²) in [6.45, 7) is 5.82. The van der Waals surface area contributed by atoms with Gasteiger partial charge in [-0.15, -0.1) is 0 Å². The third-order valence-electron chi connectivity index (χ3n) is 3.21.